The lowest BCUT2D eigenvalue weighted by atomic mass is 10.2. The molecule has 0 saturated carbocycles. The molecule has 1 aromatic carbocycles. The van der Waals surface area contributed by atoms with E-state index in [0.29, 0.717) is 5.02 Å². The molecule has 0 unspecified atom stereocenters. The van der Waals surface area contributed by atoms with Gasteiger partial charge < -0.3 is 10.6 Å². The fourth-order valence-electron chi connectivity index (χ4n) is 2.04. The molecular formula is C16H21ClN4. The van der Waals surface area contributed by atoms with E-state index in [1.165, 1.54) is 0 Å². The third kappa shape index (κ3) is 3.64. The van der Waals surface area contributed by atoms with E-state index in [1.807, 2.05) is 39.0 Å². The highest BCUT2D eigenvalue weighted by Crippen LogP contribution is 2.29. The Hall–Kier alpha value is -1.81. The minimum absolute atomic E-state index is 0.682. The summed E-state index contributed by atoms with van der Waals surface area (Å²) in [5.41, 5.74) is 3.01. The van der Waals surface area contributed by atoms with Gasteiger partial charge in [0.15, 0.2) is 0 Å². The topological polar surface area (TPSA) is 49.8 Å². The first kappa shape index (κ1) is 15.6. The van der Waals surface area contributed by atoms with Crippen molar-refractivity contribution in [3.05, 3.63) is 40.2 Å². The molecular weight excluding hydrogens is 284 g/mol. The first-order valence-electron chi connectivity index (χ1n) is 7.19. The summed E-state index contributed by atoms with van der Waals surface area (Å²) in [5.74, 6) is 2.48. The molecule has 2 rings (SSSR count). The van der Waals surface area contributed by atoms with Crippen LogP contribution in [0.4, 0.5) is 17.3 Å². The first-order chi connectivity index (χ1) is 10.0. The molecule has 2 aromatic rings. The Morgan fingerprint density at radius 2 is 1.81 bits per heavy atom. The van der Waals surface area contributed by atoms with Gasteiger partial charge in [0.05, 0.1) is 10.7 Å². The smallest absolute Gasteiger partial charge is 0.139 e. The number of aromatic nitrogens is 2. The molecule has 0 saturated heterocycles. The van der Waals surface area contributed by atoms with E-state index < -0.39 is 0 Å². The van der Waals surface area contributed by atoms with Crippen molar-refractivity contribution in [3.63, 3.8) is 0 Å². The SMILES string of the molecule is CCNc1nc(CC)nc(Nc2cc(C)ccc2Cl)c1C. The number of aryl methyl sites for hydroxylation is 2. The Morgan fingerprint density at radius 3 is 2.48 bits per heavy atom. The van der Waals surface area contributed by atoms with Gasteiger partial charge in [-0.1, -0.05) is 24.6 Å². The molecule has 0 fully saturated rings. The largest absolute Gasteiger partial charge is 0.370 e. The molecule has 5 heteroatoms. The molecule has 0 amide bonds. The van der Waals surface area contributed by atoms with E-state index in [-0.39, 0.29) is 0 Å². The number of anilines is 3. The predicted octanol–water partition coefficient (Wildman–Crippen LogP) is 4.48. The zero-order valence-electron chi connectivity index (χ0n) is 12.9. The highest BCUT2D eigenvalue weighted by molar-refractivity contribution is 6.33. The molecule has 0 atom stereocenters. The summed E-state index contributed by atoms with van der Waals surface area (Å²) >= 11 is 6.25. The summed E-state index contributed by atoms with van der Waals surface area (Å²) < 4.78 is 0. The average Bonchev–Trinajstić information content (AvgIpc) is 2.47. The molecule has 0 radical (unpaired) electrons. The molecule has 21 heavy (non-hydrogen) atoms. The van der Waals surface area contributed by atoms with Crippen LogP contribution in [-0.2, 0) is 6.42 Å². The van der Waals surface area contributed by atoms with E-state index in [2.05, 4.69) is 27.5 Å². The van der Waals surface area contributed by atoms with E-state index in [0.717, 1.165) is 47.2 Å². The molecule has 0 bridgehead atoms. The van der Waals surface area contributed by atoms with E-state index >= 15 is 0 Å². The van der Waals surface area contributed by atoms with Gasteiger partial charge in [-0.3, -0.25) is 0 Å². The van der Waals surface area contributed by atoms with Crippen LogP contribution < -0.4 is 10.6 Å². The van der Waals surface area contributed by atoms with Crippen LogP contribution in [0.2, 0.25) is 5.02 Å². The van der Waals surface area contributed by atoms with Gasteiger partial charge in [-0.2, -0.15) is 0 Å². The van der Waals surface area contributed by atoms with Crippen LogP contribution in [0.25, 0.3) is 0 Å². The number of hydrogen-bond acceptors (Lipinski definition) is 4. The Bertz CT molecular complexity index is 640. The Morgan fingerprint density at radius 1 is 1.10 bits per heavy atom. The summed E-state index contributed by atoms with van der Waals surface area (Å²) in [6.07, 6.45) is 0.787. The van der Waals surface area contributed by atoms with Crippen molar-refractivity contribution >= 4 is 28.9 Å². The third-order valence-corrected chi connectivity index (χ3v) is 3.56. The molecule has 4 nitrogen and oxygen atoms in total. The first-order valence-corrected chi connectivity index (χ1v) is 7.57. The molecule has 0 aliphatic heterocycles. The fraction of sp³-hybridized carbons (Fsp3) is 0.375. The monoisotopic (exact) mass is 304 g/mol. The molecule has 0 aliphatic carbocycles. The van der Waals surface area contributed by atoms with Crippen molar-refractivity contribution in [2.75, 3.05) is 17.2 Å². The van der Waals surface area contributed by atoms with Crippen molar-refractivity contribution < 1.29 is 0 Å². The van der Waals surface area contributed by atoms with Crippen LogP contribution in [0.5, 0.6) is 0 Å². The van der Waals surface area contributed by atoms with Gasteiger partial charge in [-0.15, -0.1) is 0 Å². The van der Waals surface area contributed by atoms with E-state index in [4.69, 9.17) is 11.6 Å². The van der Waals surface area contributed by atoms with Gasteiger partial charge in [0, 0.05) is 18.5 Å². The summed E-state index contributed by atoms with van der Waals surface area (Å²) in [7, 11) is 0. The van der Waals surface area contributed by atoms with E-state index in [9.17, 15) is 0 Å². The summed E-state index contributed by atoms with van der Waals surface area (Å²) in [4.78, 5) is 9.11. The minimum atomic E-state index is 0.682. The molecule has 1 heterocycles. The highest BCUT2D eigenvalue weighted by Gasteiger charge is 2.11. The fourth-order valence-corrected chi connectivity index (χ4v) is 2.21. The zero-order chi connectivity index (χ0) is 15.4. The van der Waals surface area contributed by atoms with Gasteiger partial charge in [-0.05, 0) is 38.5 Å². The number of rotatable bonds is 5. The zero-order valence-corrected chi connectivity index (χ0v) is 13.7. The average molecular weight is 305 g/mol. The van der Waals surface area contributed by atoms with Crippen LogP contribution >= 0.6 is 11.6 Å². The normalized spacial score (nSPS) is 10.5. The van der Waals surface area contributed by atoms with Crippen molar-refractivity contribution in [1.29, 1.82) is 0 Å². The lowest BCUT2D eigenvalue weighted by Crippen LogP contribution is -2.09. The van der Waals surface area contributed by atoms with Gasteiger partial charge in [0.25, 0.3) is 0 Å². The number of benzene rings is 1. The summed E-state index contributed by atoms with van der Waals surface area (Å²) in [6, 6.07) is 5.89. The maximum absolute atomic E-state index is 6.25. The maximum atomic E-state index is 6.25. The maximum Gasteiger partial charge on any atom is 0.139 e. The standard InChI is InChI=1S/C16H21ClN4/c1-5-14-20-15(18-6-2)11(4)16(21-14)19-13-9-10(3)7-8-12(13)17/h7-9H,5-6H2,1-4H3,(H2,18,19,20,21). The highest BCUT2D eigenvalue weighted by atomic mass is 35.5. The number of nitrogens with zero attached hydrogens (tertiary/aromatic N) is 2. The van der Waals surface area contributed by atoms with Crippen molar-refractivity contribution in [2.24, 2.45) is 0 Å². The molecule has 2 N–H and O–H groups in total. The second kappa shape index (κ2) is 6.76. The summed E-state index contributed by atoms with van der Waals surface area (Å²) in [5, 5.41) is 7.29. The van der Waals surface area contributed by atoms with Gasteiger partial charge in [-0.25, -0.2) is 9.97 Å². The predicted molar refractivity (Wildman–Crippen MR) is 89.8 cm³/mol. The van der Waals surface area contributed by atoms with Gasteiger partial charge >= 0.3 is 0 Å². The van der Waals surface area contributed by atoms with Crippen LogP contribution in [0.3, 0.4) is 0 Å². The van der Waals surface area contributed by atoms with Crippen molar-refractivity contribution in [3.8, 4) is 0 Å². The number of nitrogens with one attached hydrogen (secondary N) is 2. The van der Waals surface area contributed by atoms with Crippen LogP contribution in [0.15, 0.2) is 18.2 Å². The van der Waals surface area contributed by atoms with Crippen molar-refractivity contribution in [1.82, 2.24) is 9.97 Å². The molecule has 112 valence electrons. The van der Waals surface area contributed by atoms with E-state index in [1.54, 1.807) is 0 Å². The Kier molecular flexibility index (Phi) is 5.02. The van der Waals surface area contributed by atoms with Gasteiger partial charge in [0.2, 0.25) is 0 Å². The third-order valence-electron chi connectivity index (χ3n) is 3.23. The number of hydrogen-bond donors (Lipinski definition) is 2. The Balaban J connectivity index is 2.43. The van der Waals surface area contributed by atoms with Crippen LogP contribution in [0, 0.1) is 13.8 Å². The van der Waals surface area contributed by atoms with Crippen molar-refractivity contribution in [2.45, 2.75) is 34.1 Å². The Labute approximate surface area is 131 Å². The second-order valence-electron chi connectivity index (χ2n) is 4.95. The minimum Gasteiger partial charge on any atom is -0.370 e. The lowest BCUT2D eigenvalue weighted by molar-refractivity contribution is 0.930. The van der Waals surface area contributed by atoms with Gasteiger partial charge in [0.1, 0.15) is 17.5 Å². The van der Waals surface area contributed by atoms with Crippen LogP contribution in [0.1, 0.15) is 30.8 Å². The molecule has 0 spiro atoms. The second-order valence-corrected chi connectivity index (χ2v) is 5.36. The molecule has 0 aliphatic rings. The van der Waals surface area contributed by atoms with Crippen LogP contribution in [-0.4, -0.2) is 16.5 Å². The molecule has 1 aromatic heterocycles. The summed E-state index contributed by atoms with van der Waals surface area (Å²) in [6.45, 7) is 8.96. The number of halogens is 1. The quantitative estimate of drug-likeness (QED) is 0.855. The lowest BCUT2D eigenvalue weighted by Gasteiger charge is -2.15.